The smallest absolute Gasteiger partial charge is 0.180 e. The van der Waals surface area contributed by atoms with Crippen molar-refractivity contribution in [3.63, 3.8) is 0 Å². The van der Waals surface area contributed by atoms with Gasteiger partial charge in [0.05, 0.1) is 30.4 Å². The standard InChI is InChI=1S/C49H30N6O/c1-4-16-31(17-5-1)43-45-44(37-24-12-15-27-42(37)56-45)51-49(50-43)38-30-34(28-29-41(38)55-39-25-13-10-22-35(39)36-23-11-14-26-40(36)55)48-53-46(32-18-6-2-7-19-32)52-47(54-48)33-20-8-3-9-21-33/h1-30H/i1D,2D,4D,5D,6D,7D,16D,17D,18D,19D. The van der Waals surface area contributed by atoms with Crippen LogP contribution < -0.4 is 0 Å². The zero-order chi connectivity index (χ0) is 45.7. The Labute approximate surface area is 335 Å². The zero-order valence-electron chi connectivity index (χ0n) is 39.1. The molecule has 0 N–H and O–H groups in total. The summed E-state index contributed by atoms with van der Waals surface area (Å²) in [5.41, 5.74) is 4.28. The van der Waals surface area contributed by atoms with E-state index in [1.165, 1.54) is 0 Å². The molecule has 0 bridgehead atoms. The molecule has 0 aliphatic heterocycles. The molecule has 0 aliphatic rings. The third kappa shape index (κ3) is 5.25. The van der Waals surface area contributed by atoms with Gasteiger partial charge in [-0.3, -0.25) is 0 Å². The molecule has 0 aliphatic carbocycles. The van der Waals surface area contributed by atoms with Crippen LogP contribution in [0, 0.1) is 0 Å². The molecule has 56 heavy (non-hydrogen) atoms. The molecular weight excluding hydrogens is 689 g/mol. The van der Waals surface area contributed by atoms with Crippen LogP contribution in [0.25, 0.3) is 106 Å². The lowest BCUT2D eigenvalue weighted by Crippen LogP contribution is -2.03. The minimum absolute atomic E-state index is 0.0169. The predicted octanol–water partition coefficient (Wildman–Crippen LogP) is 12.0. The van der Waals surface area contributed by atoms with Crippen molar-refractivity contribution in [2.24, 2.45) is 0 Å². The van der Waals surface area contributed by atoms with E-state index in [1.54, 1.807) is 36.4 Å². The average Bonchev–Trinajstić information content (AvgIpc) is 3.90. The Bertz CT molecular complexity index is 3750. The zero-order valence-corrected chi connectivity index (χ0v) is 29.1. The second-order valence-electron chi connectivity index (χ2n) is 12.9. The van der Waals surface area contributed by atoms with E-state index in [1.807, 2.05) is 84.9 Å². The van der Waals surface area contributed by atoms with E-state index in [0.717, 1.165) is 21.8 Å². The lowest BCUT2D eigenvalue weighted by atomic mass is 10.0. The maximum atomic E-state index is 9.03. The minimum atomic E-state index is -0.555. The number of aromatic nitrogens is 6. The van der Waals surface area contributed by atoms with Gasteiger partial charge in [-0.05, 0) is 42.5 Å². The molecule has 11 aromatic rings. The minimum Gasteiger partial charge on any atom is -0.452 e. The van der Waals surface area contributed by atoms with Crippen molar-refractivity contribution in [1.29, 1.82) is 0 Å². The second kappa shape index (κ2) is 13.0. The Morgan fingerprint density at radius 2 is 1.02 bits per heavy atom. The van der Waals surface area contributed by atoms with Gasteiger partial charge < -0.3 is 8.98 Å². The van der Waals surface area contributed by atoms with Crippen LogP contribution in [0.15, 0.2) is 186 Å². The SMILES string of the molecule is [2H]c1c([2H])c([2H])c(-c2nc(-c3ccccc3)nc(-c3ccc(-n4c5ccccc5c5ccccc54)c(-c4nc(-c5c([2H])c([2H])c([2H])c([2H])c5[2H])c5oc6ccccc6c5n4)c3)n2)c([2H])c1[2H]. The number of furan rings is 1. The lowest BCUT2D eigenvalue weighted by molar-refractivity contribution is 0.667. The van der Waals surface area contributed by atoms with E-state index in [2.05, 4.69) is 9.55 Å². The summed E-state index contributed by atoms with van der Waals surface area (Å²) >= 11 is 0. The summed E-state index contributed by atoms with van der Waals surface area (Å²) in [6, 6.07) is 32.4. The molecule has 0 amide bonds. The fourth-order valence-corrected chi connectivity index (χ4v) is 7.18. The molecule has 11 rings (SSSR count). The number of fused-ring (bicyclic) bond motifs is 6. The Morgan fingerprint density at radius 3 is 1.71 bits per heavy atom. The molecule has 0 saturated carbocycles. The van der Waals surface area contributed by atoms with E-state index in [0.29, 0.717) is 38.9 Å². The second-order valence-corrected chi connectivity index (χ2v) is 12.9. The first-order valence-corrected chi connectivity index (χ1v) is 17.7. The molecule has 7 aromatic carbocycles. The highest BCUT2D eigenvalue weighted by Gasteiger charge is 2.23. The number of hydrogen-bond acceptors (Lipinski definition) is 6. The van der Waals surface area contributed by atoms with Crippen LogP contribution in [0.1, 0.15) is 13.7 Å². The first-order valence-electron chi connectivity index (χ1n) is 22.7. The van der Waals surface area contributed by atoms with E-state index < -0.39 is 60.4 Å². The normalized spacial score (nSPS) is 14.1. The van der Waals surface area contributed by atoms with Crippen molar-refractivity contribution in [1.82, 2.24) is 29.5 Å². The van der Waals surface area contributed by atoms with Gasteiger partial charge in [-0.15, -0.1) is 0 Å². The maximum absolute atomic E-state index is 9.03. The third-order valence-electron chi connectivity index (χ3n) is 9.66. The van der Waals surface area contributed by atoms with Crippen molar-refractivity contribution in [2.45, 2.75) is 0 Å². The average molecular weight is 729 g/mol. The van der Waals surface area contributed by atoms with Crippen LogP contribution >= 0.6 is 0 Å². The van der Waals surface area contributed by atoms with Crippen LogP contribution in [0.2, 0.25) is 0 Å². The first kappa shape index (κ1) is 23.1. The fraction of sp³-hybridized carbons (Fsp3) is 0. The van der Waals surface area contributed by atoms with Crippen molar-refractivity contribution in [2.75, 3.05) is 0 Å². The van der Waals surface area contributed by atoms with Gasteiger partial charge in [0, 0.05) is 44.0 Å². The number of nitrogens with zero attached hydrogens (tertiary/aromatic N) is 6. The fourth-order valence-electron chi connectivity index (χ4n) is 7.18. The van der Waals surface area contributed by atoms with E-state index in [-0.39, 0.29) is 45.7 Å². The molecule has 0 radical (unpaired) electrons. The third-order valence-corrected chi connectivity index (χ3v) is 9.66. The number of para-hydroxylation sites is 3. The Morgan fingerprint density at radius 1 is 0.446 bits per heavy atom. The lowest BCUT2D eigenvalue weighted by Gasteiger charge is -2.16. The van der Waals surface area contributed by atoms with Crippen molar-refractivity contribution < 1.29 is 18.1 Å². The van der Waals surface area contributed by atoms with Gasteiger partial charge in [-0.25, -0.2) is 24.9 Å². The molecule has 0 fully saturated rings. The molecule has 0 unspecified atom stereocenters. The number of hydrogen-bond donors (Lipinski definition) is 0. The van der Waals surface area contributed by atoms with Crippen LogP contribution in [-0.2, 0) is 0 Å². The van der Waals surface area contributed by atoms with Crippen molar-refractivity contribution in [3.8, 4) is 62.5 Å². The van der Waals surface area contributed by atoms with Gasteiger partial charge in [0.25, 0.3) is 0 Å². The molecule has 4 aromatic heterocycles. The molecule has 7 nitrogen and oxygen atoms in total. The molecule has 0 spiro atoms. The summed E-state index contributed by atoms with van der Waals surface area (Å²) in [6.45, 7) is 0. The Balaban J connectivity index is 1.26. The van der Waals surface area contributed by atoms with Crippen LogP contribution in [0.4, 0.5) is 0 Å². The molecule has 262 valence electrons. The monoisotopic (exact) mass is 728 g/mol. The summed E-state index contributed by atoms with van der Waals surface area (Å²) in [6.07, 6.45) is 0. The van der Waals surface area contributed by atoms with Crippen molar-refractivity contribution >= 4 is 43.9 Å². The Hall–Kier alpha value is -7.77. The van der Waals surface area contributed by atoms with Crippen LogP contribution in [-0.4, -0.2) is 29.5 Å². The van der Waals surface area contributed by atoms with E-state index in [9.17, 15) is 0 Å². The van der Waals surface area contributed by atoms with Gasteiger partial charge in [-0.2, -0.15) is 0 Å². The summed E-state index contributed by atoms with van der Waals surface area (Å²) in [5, 5.41) is 2.56. The van der Waals surface area contributed by atoms with Crippen molar-refractivity contribution in [3.05, 3.63) is 182 Å². The molecule has 7 heteroatoms. The number of benzene rings is 7. The Kier molecular flexibility index (Phi) is 5.35. The topological polar surface area (TPSA) is 82.5 Å². The summed E-state index contributed by atoms with van der Waals surface area (Å²) in [7, 11) is 0. The van der Waals surface area contributed by atoms with E-state index >= 15 is 0 Å². The van der Waals surface area contributed by atoms with Gasteiger partial charge in [0.2, 0.25) is 0 Å². The van der Waals surface area contributed by atoms with Gasteiger partial charge in [-0.1, -0.05) is 139 Å². The summed E-state index contributed by atoms with van der Waals surface area (Å²) in [5.74, 6) is 0.246. The van der Waals surface area contributed by atoms with Crippen LogP contribution in [0.5, 0.6) is 0 Å². The molecule has 0 saturated heterocycles. The number of rotatable bonds is 6. The quantitative estimate of drug-likeness (QED) is 0.169. The largest absolute Gasteiger partial charge is 0.452 e. The van der Waals surface area contributed by atoms with Gasteiger partial charge in [0.15, 0.2) is 28.9 Å². The van der Waals surface area contributed by atoms with E-state index in [4.69, 9.17) is 38.1 Å². The molecule has 4 heterocycles. The molecule has 0 atom stereocenters. The first-order chi connectivity index (χ1) is 31.9. The van der Waals surface area contributed by atoms with Gasteiger partial charge in [0.1, 0.15) is 16.8 Å². The molecular formula is C49H30N6O. The summed E-state index contributed by atoms with van der Waals surface area (Å²) in [4.78, 5) is 24.6. The predicted molar refractivity (Wildman–Crippen MR) is 224 cm³/mol. The maximum Gasteiger partial charge on any atom is 0.180 e. The highest BCUT2D eigenvalue weighted by atomic mass is 16.3. The highest BCUT2D eigenvalue weighted by molar-refractivity contribution is 6.10. The summed E-state index contributed by atoms with van der Waals surface area (Å²) < 4.78 is 94.7. The highest BCUT2D eigenvalue weighted by Crippen LogP contribution is 2.40. The van der Waals surface area contributed by atoms with Crippen LogP contribution in [0.3, 0.4) is 0 Å². The van der Waals surface area contributed by atoms with Gasteiger partial charge >= 0.3 is 0 Å².